The predicted molar refractivity (Wildman–Crippen MR) is 122 cm³/mol. The maximum Gasteiger partial charge on any atom is 0.254 e. The van der Waals surface area contributed by atoms with Crippen LogP contribution in [-0.4, -0.2) is 58.9 Å². The third kappa shape index (κ3) is 4.06. The Labute approximate surface area is 191 Å². The fraction of sp³-hybridized carbons (Fsp3) is 0.478. The van der Waals surface area contributed by atoms with Crippen LogP contribution in [0.15, 0.2) is 30.6 Å². The maximum atomic E-state index is 15.3. The second-order valence-electron chi connectivity index (χ2n) is 9.34. The van der Waals surface area contributed by atoms with E-state index in [-0.39, 0.29) is 23.1 Å². The standard InChI is InChI=1S/C23H27FN4O4S/c1-23(6-10-33(30,31)14-23)26-22(29)17-12-21-16(11-19(17)24)18(20-3-7-25-27(20)2)13-28(21)15-4-8-32-9-5-15/h3,7,11-13,15H,4-6,8-10,14H2,1-2H3,(H,26,29)/t23-/m0/s1. The van der Waals surface area contributed by atoms with Gasteiger partial charge in [0.1, 0.15) is 5.82 Å². The van der Waals surface area contributed by atoms with Gasteiger partial charge in [0.15, 0.2) is 9.84 Å². The van der Waals surface area contributed by atoms with Crippen LogP contribution in [0, 0.1) is 5.82 Å². The first kappa shape index (κ1) is 22.1. The lowest BCUT2D eigenvalue weighted by molar-refractivity contribution is 0.0707. The number of rotatable bonds is 4. The van der Waals surface area contributed by atoms with Gasteiger partial charge in [-0.2, -0.15) is 5.10 Å². The summed E-state index contributed by atoms with van der Waals surface area (Å²) in [6.45, 7) is 2.98. The van der Waals surface area contributed by atoms with Crippen molar-refractivity contribution in [2.45, 2.75) is 37.8 Å². The summed E-state index contributed by atoms with van der Waals surface area (Å²) in [7, 11) is -1.37. The largest absolute Gasteiger partial charge is 0.381 e. The summed E-state index contributed by atoms with van der Waals surface area (Å²) >= 11 is 0. The molecule has 2 aromatic heterocycles. The Kier molecular flexibility index (Phi) is 5.32. The molecule has 2 fully saturated rings. The highest BCUT2D eigenvalue weighted by Gasteiger charge is 2.40. The number of benzene rings is 1. The minimum absolute atomic E-state index is 0.0198. The fourth-order valence-corrected chi connectivity index (χ4v) is 7.09. The quantitative estimate of drug-likeness (QED) is 0.628. The van der Waals surface area contributed by atoms with E-state index >= 15 is 4.39 Å². The lowest BCUT2D eigenvalue weighted by atomic mass is 10.0. The molecule has 1 atom stereocenters. The normalized spacial score (nSPS) is 23.2. The lowest BCUT2D eigenvalue weighted by Gasteiger charge is -2.25. The minimum Gasteiger partial charge on any atom is -0.381 e. The Morgan fingerprint density at radius 3 is 2.70 bits per heavy atom. The molecule has 0 aliphatic carbocycles. The van der Waals surface area contributed by atoms with E-state index in [2.05, 4.69) is 15.0 Å². The average Bonchev–Trinajstić information content (AvgIpc) is 3.42. The van der Waals surface area contributed by atoms with Gasteiger partial charge >= 0.3 is 0 Å². The summed E-state index contributed by atoms with van der Waals surface area (Å²) in [5, 5.41) is 7.72. The first-order valence-electron chi connectivity index (χ1n) is 11.1. The van der Waals surface area contributed by atoms with Crippen LogP contribution in [0.4, 0.5) is 4.39 Å². The molecule has 10 heteroatoms. The van der Waals surface area contributed by atoms with Crippen LogP contribution in [0.1, 0.15) is 42.6 Å². The van der Waals surface area contributed by atoms with Gasteiger partial charge in [-0.05, 0) is 44.4 Å². The van der Waals surface area contributed by atoms with Crippen LogP contribution in [0.25, 0.3) is 22.2 Å². The van der Waals surface area contributed by atoms with Crippen LogP contribution in [-0.2, 0) is 21.6 Å². The molecule has 0 bridgehead atoms. The van der Waals surface area contributed by atoms with E-state index in [4.69, 9.17) is 4.74 Å². The van der Waals surface area contributed by atoms with E-state index in [1.165, 1.54) is 6.07 Å². The number of sulfone groups is 1. The smallest absolute Gasteiger partial charge is 0.254 e. The topological polar surface area (TPSA) is 95.2 Å². The first-order chi connectivity index (χ1) is 15.7. The molecule has 0 unspecified atom stereocenters. The molecular weight excluding hydrogens is 447 g/mol. The van der Waals surface area contributed by atoms with Gasteiger partial charge in [0, 0.05) is 55.2 Å². The number of halogens is 1. The molecule has 2 aliphatic heterocycles. The van der Waals surface area contributed by atoms with E-state index in [9.17, 15) is 13.2 Å². The SMILES string of the molecule is Cn1nccc1-c1cn(C2CCOCC2)c2cc(C(=O)N[C@@]3(C)CCS(=O)(=O)C3)c(F)cc12. The van der Waals surface area contributed by atoms with Gasteiger partial charge in [0.2, 0.25) is 0 Å². The van der Waals surface area contributed by atoms with Gasteiger partial charge in [-0.25, -0.2) is 12.8 Å². The number of fused-ring (bicyclic) bond motifs is 1. The zero-order chi connectivity index (χ0) is 23.4. The number of carbonyl (C=O) groups is 1. The van der Waals surface area contributed by atoms with Crippen LogP contribution in [0.5, 0.6) is 0 Å². The van der Waals surface area contributed by atoms with E-state index in [0.717, 1.165) is 29.6 Å². The highest BCUT2D eigenvalue weighted by atomic mass is 32.2. The van der Waals surface area contributed by atoms with E-state index in [0.29, 0.717) is 25.0 Å². The second-order valence-corrected chi connectivity index (χ2v) is 11.5. The number of hydrogen-bond acceptors (Lipinski definition) is 5. The highest BCUT2D eigenvalue weighted by Crippen LogP contribution is 2.36. The highest BCUT2D eigenvalue weighted by molar-refractivity contribution is 7.91. The Morgan fingerprint density at radius 2 is 2.06 bits per heavy atom. The Hall–Kier alpha value is -2.72. The fourth-order valence-electron chi connectivity index (χ4n) is 5.00. The van der Waals surface area contributed by atoms with Gasteiger partial charge in [-0.1, -0.05) is 0 Å². The number of carbonyl (C=O) groups excluding carboxylic acids is 1. The van der Waals surface area contributed by atoms with Gasteiger partial charge in [0.05, 0.1) is 28.3 Å². The Bertz CT molecular complexity index is 1340. The molecule has 1 amide bonds. The molecule has 0 spiro atoms. The summed E-state index contributed by atoms with van der Waals surface area (Å²) < 4.78 is 48.5. The molecule has 3 aromatic rings. The number of ether oxygens (including phenoxy) is 1. The van der Waals surface area contributed by atoms with Gasteiger partial charge < -0.3 is 14.6 Å². The summed E-state index contributed by atoms with van der Waals surface area (Å²) in [6, 6.07) is 5.03. The minimum atomic E-state index is -3.21. The van der Waals surface area contributed by atoms with Gasteiger partial charge in [-0.15, -0.1) is 0 Å². The molecular formula is C23H27FN4O4S. The summed E-state index contributed by atoms with van der Waals surface area (Å²) in [6.07, 6.45) is 5.66. The van der Waals surface area contributed by atoms with Crippen LogP contribution in [0.2, 0.25) is 0 Å². The van der Waals surface area contributed by atoms with Crippen molar-refractivity contribution in [3.63, 3.8) is 0 Å². The molecule has 0 saturated carbocycles. The van der Waals surface area contributed by atoms with Crippen molar-refractivity contribution in [1.82, 2.24) is 19.7 Å². The van der Waals surface area contributed by atoms with Crippen molar-refractivity contribution >= 4 is 26.6 Å². The molecule has 4 heterocycles. The Morgan fingerprint density at radius 1 is 1.30 bits per heavy atom. The van der Waals surface area contributed by atoms with Gasteiger partial charge in [0.25, 0.3) is 5.91 Å². The summed E-state index contributed by atoms with van der Waals surface area (Å²) in [4.78, 5) is 13.1. The van der Waals surface area contributed by atoms with E-state index in [1.807, 2.05) is 19.3 Å². The molecule has 0 radical (unpaired) electrons. The molecule has 1 aromatic carbocycles. The number of aryl methyl sites for hydroxylation is 1. The molecule has 176 valence electrons. The molecule has 2 saturated heterocycles. The third-order valence-electron chi connectivity index (χ3n) is 6.77. The number of amides is 1. The van der Waals surface area contributed by atoms with Crippen LogP contribution < -0.4 is 5.32 Å². The molecule has 1 N–H and O–H groups in total. The number of hydrogen-bond donors (Lipinski definition) is 1. The zero-order valence-corrected chi connectivity index (χ0v) is 19.5. The molecule has 2 aliphatic rings. The van der Waals surface area contributed by atoms with Crippen LogP contribution in [0.3, 0.4) is 0 Å². The first-order valence-corrected chi connectivity index (χ1v) is 12.9. The second kappa shape index (κ2) is 7.95. The van der Waals surface area contributed by atoms with E-state index < -0.39 is 27.1 Å². The number of nitrogens with zero attached hydrogens (tertiary/aromatic N) is 3. The summed E-state index contributed by atoms with van der Waals surface area (Å²) in [5.74, 6) is -1.36. The van der Waals surface area contributed by atoms with Crippen molar-refractivity contribution in [3.8, 4) is 11.3 Å². The predicted octanol–water partition coefficient (Wildman–Crippen LogP) is 2.84. The maximum absolute atomic E-state index is 15.3. The zero-order valence-electron chi connectivity index (χ0n) is 18.7. The summed E-state index contributed by atoms with van der Waals surface area (Å²) in [5.41, 5.74) is 1.46. The molecule has 5 rings (SSSR count). The van der Waals surface area contributed by atoms with Crippen LogP contribution >= 0.6 is 0 Å². The van der Waals surface area contributed by atoms with Gasteiger partial charge in [-0.3, -0.25) is 9.48 Å². The van der Waals surface area contributed by atoms with E-state index in [1.54, 1.807) is 23.9 Å². The lowest BCUT2D eigenvalue weighted by Crippen LogP contribution is -2.47. The van der Waals surface area contributed by atoms with Crippen molar-refractivity contribution in [1.29, 1.82) is 0 Å². The van der Waals surface area contributed by atoms with Crippen molar-refractivity contribution in [2.75, 3.05) is 24.7 Å². The van der Waals surface area contributed by atoms with Crippen molar-refractivity contribution in [2.24, 2.45) is 7.05 Å². The number of nitrogens with one attached hydrogen (secondary N) is 1. The Balaban J connectivity index is 1.59. The van der Waals surface area contributed by atoms with Crippen molar-refractivity contribution < 1.29 is 22.3 Å². The number of aromatic nitrogens is 3. The van der Waals surface area contributed by atoms with Crippen molar-refractivity contribution in [3.05, 3.63) is 42.0 Å². The third-order valence-corrected chi connectivity index (χ3v) is 8.67. The average molecular weight is 475 g/mol. The monoisotopic (exact) mass is 474 g/mol. The molecule has 33 heavy (non-hydrogen) atoms. The molecule has 8 nitrogen and oxygen atoms in total.